The van der Waals surface area contributed by atoms with Gasteiger partial charge in [0.1, 0.15) is 18.1 Å². The number of rotatable bonds is 31. The zero-order valence-electron chi connectivity index (χ0n) is 44.4. The van der Waals surface area contributed by atoms with Crippen LogP contribution in [0.2, 0.25) is 0 Å². The van der Waals surface area contributed by atoms with E-state index in [1.807, 2.05) is 0 Å². The van der Waals surface area contributed by atoms with E-state index in [9.17, 15) is 38.4 Å². The number of guanidine groups is 4. The van der Waals surface area contributed by atoms with Crippen LogP contribution < -0.4 is 94.6 Å². The Morgan fingerprint density at radius 3 is 0.901 bits per heavy atom. The van der Waals surface area contributed by atoms with E-state index in [0.717, 1.165) is 0 Å². The molecule has 0 aliphatic heterocycles. The van der Waals surface area contributed by atoms with Crippen LogP contribution in [0.3, 0.4) is 0 Å². The van der Waals surface area contributed by atoms with Gasteiger partial charge >= 0.3 is 0 Å². The molecule has 0 radical (unpaired) electrons. The van der Waals surface area contributed by atoms with E-state index in [1.165, 1.54) is 84.9 Å². The highest BCUT2D eigenvalue weighted by molar-refractivity contribution is 6.06. The van der Waals surface area contributed by atoms with Gasteiger partial charge < -0.3 is 94.6 Å². The van der Waals surface area contributed by atoms with Crippen molar-refractivity contribution in [1.29, 1.82) is 0 Å². The van der Waals surface area contributed by atoms with Crippen LogP contribution in [-0.2, 0) is 19.2 Å². The summed E-state index contributed by atoms with van der Waals surface area (Å²) in [7, 11) is 0. The number of anilines is 4. The number of aliphatic imine (C=N–C) groups is 4. The summed E-state index contributed by atoms with van der Waals surface area (Å²) in [4.78, 5) is 123. The Kier molecular flexibility index (Phi) is 25.3. The first-order chi connectivity index (χ1) is 38.6. The number of amides is 8. The van der Waals surface area contributed by atoms with Gasteiger partial charge in [0, 0.05) is 71.2 Å². The Labute approximate surface area is 466 Å². The first-order valence-electron chi connectivity index (χ1n) is 25.4. The van der Waals surface area contributed by atoms with E-state index in [-0.39, 0.29) is 140 Å². The van der Waals surface area contributed by atoms with E-state index in [2.05, 4.69) is 57.2 Å². The highest BCUT2D eigenvalue weighted by Crippen LogP contribution is 2.18. The molecule has 432 valence electrons. The van der Waals surface area contributed by atoms with Gasteiger partial charge in [-0.25, -0.2) is 0 Å². The Morgan fingerprint density at radius 1 is 0.358 bits per heavy atom. The molecule has 29 heteroatoms. The number of nitrogens with zero attached hydrogens (tertiary/aromatic N) is 4. The third-order valence-electron chi connectivity index (χ3n) is 11.6. The molecule has 0 heterocycles. The standard InChI is InChI=1S/C52H71N21O8/c53-37(17-5-21-63-49(55)56)45(78)67-34-14-2-10-30(26-34)42(75)72-39(19-7-23-65-51(59)60)47(80)69-36-16-4-12-32(28-36)44(77)73-40(20-8-24-66-52(61)62)48(81)70-35-15-3-11-31(27-35)43(76)71-38(18-6-22-64-50(57)58)46(79)68-33-13-1-9-29(25-33)41(54)74/h1-4,9-16,25-28,37-40H,5-8,17-24,53H2,(H2,54,74)(H,67,78)(H,68,79)(H,69,80)(H,70,81)(H,71,76)(H,72,75)(H,73,77)(H4,55,56,63)(H4,57,58,64)(H4,59,60,65)(H4,61,62,66)/t37-,38-,39-,40-/m0/s1. The molecule has 4 atom stereocenters. The van der Waals surface area contributed by atoms with Crippen LogP contribution in [0.15, 0.2) is 117 Å². The molecule has 4 rings (SSSR count). The molecule has 29 nitrogen and oxygen atoms in total. The first-order valence-corrected chi connectivity index (χ1v) is 25.4. The van der Waals surface area contributed by atoms with Gasteiger partial charge in [0.05, 0.1) is 6.04 Å². The van der Waals surface area contributed by atoms with Crippen LogP contribution in [0.5, 0.6) is 0 Å². The average Bonchev–Trinajstić information content (AvgIpc) is 3.43. The molecule has 4 aromatic carbocycles. The predicted octanol–water partition coefficient (Wildman–Crippen LogP) is -1.52. The second-order valence-corrected chi connectivity index (χ2v) is 18.1. The number of benzene rings is 4. The SMILES string of the molecule is NC(=O)c1cccc(NC(=O)[C@H](CCCN=C(N)N)NC(=O)c2cccc(NC(=O)[C@H](CCCN=C(N)N)NC(=O)c3cccc(NC(=O)[C@H](CCCN=C(N)N)NC(=O)c4cccc(NC(=O)[C@@H](N)CCCN=C(N)N)c4)c3)c2)c1. The minimum atomic E-state index is -1.20. The van der Waals surface area contributed by atoms with Gasteiger partial charge in [-0.3, -0.25) is 58.3 Å². The topological polar surface area (TPSA) is 530 Å². The van der Waals surface area contributed by atoms with Crippen molar-refractivity contribution in [2.24, 2.45) is 77.3 Å². The molecule has 27 N–H and O–H groups in total. The molecular formula is C52H71N21O8. The van der Waals surface area contributed by atoms with Gasteiger partial charge in [0.25, 0.3) is 17.7 Å². The van der Waals surface area contributed by atoms with Crippen LogP contribution >= 0.6 is 0 Å². The smallest absolute Gasteiger partial charge is 0.252 e. The molecule has 0 unspecified atom stereocenters. The van der Waals surface area contributed by atoms with Crippen molar-refractivity contribution in [3.8, 4) is 0 Å². The molecule has 0 aromatic heterocycles. The van der Waals surface area contributed by atoms with Crippen LogP contribution in [0.1, 0.15) is 92.8 Å². The summed E-state index contributed by atoms with van der Waals surface area (Å²) in [6.45, 7) is 0.692. The van der Waals surface area contributed by atoms with Gasteiger partial charge in [0.15, 0.2) is 23.8 Å². The van der Waals surface area contributed by atoms with E-state index < -0.39 is 71.4 Å². The Hall–Kier alpha value is -10.3. The molecule has 0 saturated carbocycles. The summed E-state index contributed by atoms with van der Waals surface area (Å²) < 4.78 is 0. The lowest BCUT2D eigenvalue weighted by Gasteiger charge is -2.20. The van der Waals surface area contributed by atoms with Crippen molar-refractivity contribution in [2.45, 2.75) is 75.5 Å². The van der Waals surface area contributed by atoms with E-state index >= 15 is 0 Å². The zero-order valence-corrected chi connectivity index (χ0v) is 44.4. The van der Waals surface area contributed by atoms with Gasteiger partial charge in [-0.05, 0) is 124 Å². The predicted molar refractivity (Wildman–Crippen MR) is 310 cm³/mol. The third-order valence-corrected chi connectivity index (χ3v) is 11.6. The summed E-state index contributed by atoms with van der Waals surface area (Å²) >= 11 is 0. The number of carbonyl (C=O) groups is 8. The van der Waals surface area contributed by atoms with Crippen molar-refractivity contribution >= 4 is 93.8 Å². The summed E-state index contributed by atoms with van der Waals surface area (Å²) in [6, 6.07) is 19.2. The molecule has 0 aliphatic carbocycles. The average molecular weight is 1120 g/mol. The maximum atomic E-state index is 14.0. The highest BCUT2D eigenvalue weighted by atomic mass is 16.2. The van der Waals surface area contributed by atoms with Gasteiger partial charge in [-0.15, -0.1) is 0 Å². The number of nitrogens with two attached hydrogens (primary N) is 10. The lowest BCUT2D eigenvalue weighted by Crippen LogP contribution is -2.44. The van der Waals surface area contributed by atoms with E-state index in [0.29, 0.717) is 6.42 Å². The Balaban J connectivity index is 1.48. The third kappa shape index (κ3) is 23.0. The summed E-state index contributed by atoms with van der Waals surface area (Å²) in [5.74, 6) is -5.80. The van der Waals surface area contributed by atoms with E-state index in [1.54, 1.807) is 12.1 Å². The molecule has 8 amide bonds. The molecule has 0 bridgehead atoms. The van der Waals surface area contributed by atoms with E-state index in [4.69, 9.17) is 57.3 Å². The maximum Gasteiger partial charge on any atom is 0.252 e. The quantitative estimate of drug-likeness (QED) is 0.0155. The maximum absolute atomic E-state index is 14.0. The number of primary amides is 1. The monoisotopic (exact) mass is 1120 g/mol. The van der Waals surface area contributed by atoms with Crippen molar-refractivity contribution in [3.63, 3.8) is 0 Å². The molecule has 0 saturated heterocycles. The lowest BCUT2D eigenvalue weighted by molar-refractivity contribution is -0.118. The van der Waals surface area contributed by atoms with Crippen molar-refractivity contribution in [1.82, 2.24) is 16.0 Å². The van der Waals surface area contributed by atoms with Crippen molar-refractivity contribution < 1.29 is 38.4 Å². The fourth-order valence-corrected chi connectivity index (χ4v) is 7.58. The largest absolute Gasteiger partial charge is 0.370 e. The van der Waals surface area contributed by atoms with Crippen LogP contribution in [0.4, 0.5) is 22.7 Å². The minimum absolute atomic E-state index is 0.0339. The summed E-state index contributed by atoms with van der Waals surface area (Å²) in [5, 5.41) is 19.0. The summed E-state index contributed by atoms with van der Waals surface area (Å²) in [6.07, 6.45) is 1.73. The number of hydrogen-bond donors (Lipinski definition) is 17. The summed E-state index contributed by atoms with van der Waals surface area (Å²) in [5.41, 5.74) is 56.3. The number of nitrogens with one attached hydrogen (secondary N) is 7. The molecule has 0 spiro atoms. The molecular weight excluding hydrogens is 1050 g/mol. The van der Waals surface area contributed by atoms with Crippen LogP contribution in [0.25, 0.3) is 0 Å². The Bertz CT molecular complexity index is 2990. The minimum Gasteiger partial charge on any atom is -0.370 e. The van der Waals surface area contributed by atoms with Crippen LogP contribution in [-0.4, -0.2) is 121 Å². The van der Waals surface area contributed by atoms with Crippen LogP contribution in [0, 0.1) is 0 Å². The first kappa shape index (κ1) is 63.2. The second-order valence-electron chi connectivity index (χ2n) is 18.1. The normalized spacial score (nSPS) is 12.0. The molecule has 4 aromatic rings. The van der Waals surface area contributed by atoms with Gasteiger partial charge in [-0.1, -0.05) is 24.3 Å². The molecule has 0 fully saturated rings. The van der Waals surface area contributed by atoms with Gasteiger partial charge in [0.2, 0.25) is 29.5 Å². The fraction of sp³-hybridized carbons (Fsp3) is 0.308. The van der Waals surface area contributed by atoms with Gasteiger partial charge in [-0.2, -0.15) is 0 Å². The molecule has 81 heavy (non-hydrogen) atoms. The zero-order chi connectivity index (χ0) is 59.4. The second kappa shape index (κ2) is 32.4. The molecule has 0 aliphatic rings. The number of hydrogen-bond acceptors (Lipinski definition) is 13. The fourth-order valence-electron chi connectivity index (χ4n) is 7.58. The number of carbonyl (C=O) groups excluding carboxylic acids is 8. The Morgan fingerprint density at radius 2 is 0.617 bits per heavy atom. The highest BCUT2D eigenvalue weighted by Gasteiger charge is 2.26. The van der Waals surface area contributed by atoms with Crippen molar-refractivity contribution in [3.05, 3.63) is 119 Å². The lowest BCUT2D eigenvalue weighted by atomic mass is 10.1. The van der Waals surface area contributed by atoms with Crippen molar-refractivity contribution in [2.75, 3.05) is 47.4 Å².